The van der Waals surface area contributed by atoms with Crippen molar-refractivity contribution >= 4 is 0 Å². The molecule has 0 N–H and O–H groups in total. The fourth-order valence-electron chi connectivity index (χ4n) is 5.28. The zero-order chi connectivity index (χ0) is 19.8. The van der Waals surface area contributed by atoms with Crippen molar-refractivity contribution in [1.29, 1.82) is 0 Å². The van der Waals surface area contributed by atoms with Gasteiger partial charge in [0, 0.05) is 0 Å². The Bertz CT molecular complexity index is 627. The molecule has 0 saturated heterocycles. The molecule has 0 spiro atoms. The zero-order valence-corrected chi connectivity index (χ0v) is 18.0. The van der Waals surface area contributed by atoms with Crippen molar-refractivity contribution in [2.24, 2.45) is 17.8 Å². The number of ether oxygens (including phenoxy) is 1. The molecule has 156 valence electrons. The van der Waals surface area contributed by atoms with Crippen molar-refractivity contribution in [3.63, 3.8) is 0 Å². The Balaban J connectivity index is 1.41. The molecule has 0 bridgehead atoms. The van der Waals surface area contributed by atoms with E-state index in [4.69, 9.17) is 4.74 Å². The number of aryl methyl sites for hydroxylation is 1. The molecule has 1 fully saturated rings. The Labute approximate surface area is 171 Å². The van der Waals surface area contributed by atoms with Gasteiger partial charge in [-0.25, -0.2) is 4.39 Å². The first-order valence-corrected chi connectivity index (χ1v) is 11.8. The molecule has 0 heterocycles. The molecule has 28 heavy (non-hydrogen) atoms. The van der Waals surface area contributed by atoms with Gasteiger partial charge in [0.2, 0.25) is 0 Å². The van der Waals surface area contributed by atoms with Crippen LogP contribution in [0.2, 0.25) is 0 Å². The summed E-state index contributed by atoms with van der Waals surface area (Å²) in [5.41, 5.74) is 2.66. The number of unbranched alkanes of at least 4 members (excludes halogenated alkanes) is 1. The number of allylic oxidation sites excluding steroid dienone is 2. The van der Waals surface area contributed by atoms with Crippen molar-refractivity contribution in [3.8, 4) is 5.75 Å². The van der Waals surface area contributed by atoms with Gasteiger partial charge in [0.05, 0.1) is 6.61 Å². The van der Waals surface area contributed by atoms with Crippen LogP contribution < -0.4 is 4.74 Å². The van der Waals surface area contributed by atoms with E-state index >= 15 is 0 Å². The molecule has 0 aliphatic heterocycles. The van der Waals surface area contributed by atoms with E-state index < -0.39 is 0 Å². The van der Waals surface area contributed by atoms with Crippen LogP contribution in [0.5, 0.6) is 5.75 Å². The maximum absolute atomic E-state index is 14.0. The highest BCUT2D eigenvalue weighted by Gasteiger charge is 2.28. The van der Waals surface area contributed by atoms with Gasteiger partial charge in [-0.3, -0.25) is 0 Å². The Kier molecular flexibility index (Phi) is 8.43. The Morgan fingerprint density at radius 3 is 2.46 bits per heavy atom. The molecule has 1 atom stereocenters. The van der Waals surface area contributed by atoms with Gasteiger partial charge in [0.15, 0.2) is 11.6 Å². The van der Waals surface area contributed by atoms with E-state index in [1.807, 2.05) is 13.0 Å². The van der Waals surface area contributed by atoms with E-state index in [0.717, 1.165) is 36.2 Å². The second-order valence-corrected chi connectivity index (χ2v) is 9.02. The second-order valence-electron chi connectivity index (χ2n) is 9.02. The average Bonchev–Trinajstić information content (AvgIpc) is 2.73. The summed E-state index contributed by atoms with van der Waals surface area (Å²) in [7, 11) is 0. The standard InChI is InChI=1S/C26H39FO/c1-3-5-6-20-9-14-23(15-10-20)24-16-11-21(12-17-24)7-8-22-13-18-26(28-4-2)25(27)19-22/h11,13,18-20,23-24H,3-10,12,14-17H2,1-2H3. The van der Waals surface area contributed by atoms with Gasteiger partial charge in [-0.05, 0) is 87.3 Å². The monoisotopic (exact) mass is 386 g/mol. The third-order valence-electron chi connectivity index (χ3n) is 7.10. The van der Waals surface area contributed by atoms with Crippen LogP contribution >= 0.6 is 0 Å². The van der Waals surface area contributed by atoms with E-state index in [-0.39, 0.29) is 5.82 Å². The molecule has 0 amide bonds. The zero-order valence-electron chi connectivity index (χ0n) is 18.0. The van der Waals surface area contributed by atoms with E-state index in [9.17, 15) is 4.39 Å². The second kappa shape index (κ2) is 11.0. The third-order valence-corrected chi connectivity index (χ3v) is 7.10. The number of benzene rings is 1. The lowest BCUT2D eigenvalue weighted by atomic mass is 9.70. The van der Waals surface area contributed by atoms with Gasteiger partial charge in [0.25, 0.3) is 0 Å². The summed E-state index contributed by atoms with van der Waals surface area (Å²) < 4.78 is 19.3. The van der Waals surface area contributed by atoms with Gasteiger partial charge >= 0.3 is 0 Å². The summed E-state index contributed by atoms with van der Waals surface area (Å²) in [6.45, 7) is 4.70. The van der Waals surface area contributed by atoms with Crippen molar-refractivity contribution in [1.82, 2.24) is 0 Å². The lowest BCUT2D eigenvalue weighted by Crippen LogP contribution is -2.23. The molecule has 1 aromatic rings. The van der Waals surface area contributed by atoms with Gasteiger partial charge in [-0.15, -0.1) is 0 Å². The average molecular weight is 387 g/mol. The molecule has 1 nitrogen and oxygen atoms in total. The Hall–Kier alpha value is -1.31. The molecule has 0 radical (unpaired) electrons. The topological polar surface area (TPSA) is 9.23 Å². The van der Waals surface area contributed by atoms with Gasteiger partial charge in [-0.1, -0.05) is 56.7 Å². The molecule has 3 rings (SSSR count). The van der Waals surface area contributed by atoms with Crippen LogP contribution in [-0.2, 0) is 6.42 Å². The summed E-state index contributed by atoms with van der Waals surface area (Å²) in [5, 5.41) is 0. The molecule has 1 aromatic carbocycles. The molecule has 2 aliphatic rings. The minimum absolute atomic E-state index is 0.230. The smallest absolute Gasteiger partial charge is 0.165 e. The van der Waals surface area contributed by atoms with Crippen molar-refractivity contribution in [2.45, 2.75) is 90.9 Å². The summed E-state index contributed by atoms with van der Waals surface area (Å²) in [4.78, 5) is 0. The first kappa shape index (κ1) is 21.4. The molecule has 2 aliphatic carbocycles. The third kappa shape index (κ3) is 6.09. The van der Waals surface area contributed by atoms with Crippen molar-refractivity contribution in [3.05, 3.63) is 41.2 Å². The van der Waals surface area contributed by atoms with Crippen LogP contribution in [0.25, 0.3) is 0 Å². The molecule has 1 unspecified atom stereocenters. The number of halogens is 1. The summed E-state index contributed by atoms with van der Waals surface area (Å²) >= 11 is 0. The van der Waals surface area contributed by atoms with Crippen LogP contribution in [0.4, 0.5) is 4.39 Å². The van der Waals surface area contributed by atoms with Gasteiger partial charge < -0.3 is 4.74 Å². The van der Waals surface area contributed by atoms with E-state index in [1.165, 1.54) is 64.2 Å². The SMILES string of the molecule is CCCCC1CCC(C2CC=C(CCc3ccc(OCC)c(F)c3)CC2)CC1. The van der Waals surface area contributed by atoms with E-state index in [0.29, 0.717) is 12.4 Å². The minimum atomic E-state index is -0.230. The Morgan fingerprint density at radius 1 is 1.00 bits per heavy atom. The van der Waals surface area contributed by atoms with Crippen LogP contribution in [0.3, 0.4) is 0 Å². The molecule has 0 aromatic heterocycles. The van der Waals surface area contributed by atoms with Crippen molar-refractivity contribution in [2.75, 3.05) is 6.61 Å². The summed E-state index contributed by atoms with van der Waals surface area (Å²) in [6.07, 6.45) is 18.5. The van der Waals surface area contributed by atoms with Crippen LogP contribution in [0.15, 0.2) is 29.8 Å². The minimum Gasteiger partial charge on any atom is -0.491 e. The predicted octanol–water partition coefficient (Wildman–Crippen LogP) is 7.88. The van der Waals surface area contributed by atoms with Crippen LogP contribution in [-0.4, -0.2) is 6.61 Å². The maximum atomic E-state index is 14.0. The molecular formula is C26H39FO. The number of hydrogen-bond acceptors (Lipinski definition) is 1. The Morgan fingerprint density at radius 2 is 1.82 bits per heavy atom. The highest BCUT2D eigenvalue weighted by Crippen LogP contribution is 2.41. The van der Waals surface area contributed by atoms with Crippen molar-refractivity contribution < 1.29 is 9.13 Å². The lowest BCUT2D eigenvalue weighted by Gasteiger charge is -2.35. The summed E-state index contributed by atoms with van der Waals surface area (Å²) in [5.74, 6) is 3.04. The maximum Gasteiger partial charge on any atom is 0.165 e. The largest absolute Gasteiger partial charge is 0.491 e. The first-order valence-electron chi connectivity index (χ1n) is 11.8. The fraction of sp³-hybridized carbons (Fsp3) is 0.692. The summed E-state index contributed by atoms with van der Waals surface area (Å²) in [6, 6.07) is 5.43. The first-order chi connectivity index (χ1) is 13.7. The fourth-order valence-corrected chi connectivity index (χ4v) is 5.28. The van der Waals surface area contributed by atoms with Crippen LogP contribution in [0, 0.1) is 23.6 Å². The predicted molar refractivity (Wildman–Crippen MR) is 116 cm³/mol. The highest BCUT2D eigenvalue weighted by molar-refractivity contribution is 5.30. The quantitative estimate of drug-likeness (QED) is 0.392. The van der Waals surface area contributed by atoms with Gasteiger partial charge in [0.1, 0.15) is 0 Å². The number of rotatable bonds is 9. The molecule has 1 saturated carbocycles. The van der Waals surface area contributed by atoms with Crippen LogP contribution in [0.1, 0.15) is 90.0 Å². The molecular weight excluding hydrogens is 347 g/mol. The number of hydrogen-bond donors (Lipinski definition) is 0. The van der Waals surface area contributed by atoms with E-state index in [1.54, 1.807) is 17.7 Å². The lowest BCUT2D eigenvalue weighted by molar-refractivity contribution is 0.185. The normalized spacial score (nSPS) is 25.4. The van der Waals surface area contributed by atoms with E-state index in [2.05, 4.69) is 13.0 Å². The molecule has 2 heteroatoms. The highest BCUT2D eigenvalue weighted by atomic mass is 19.1. The van der Waals surface area contributed by atoms with Gasteiger partial charge in [-0.2, -0.15) is 0 Å².